The minimum Gasteiger partial charge on any atom is -0.314 e. The van der Waals surface area contributed by atoms with Crippen molar-refractivity contribution in [3.8, 4) is 0 Å². The largest absolute Gasteiger partial charge is 0.314 e. The molecule has 0 bridgehead atoms. The van der Waals surface area contributed by atoms with E-state index in [2.05, 4.69) is 5.32 Å². The van der Waals surface area contributed by atoms with Gasteiger partial charge in [-0.3, -0.25) is 0 Å². The molecule has 2 rings (SSSR count). The summed E-state index contributed by atoms with van der Waals surface area (Å²) < 4.78 is 25.8. The van der Waals surface area contributed by atoms with E-state index in [0.29, 0.717) is 31.3 Å². The zero-order valence-electron chi connectivity index (χ0n) is 13.5. The molecule has 1 aliphatic carbocycles. The van der Waals surface area contributed by atoms with Crippen LogP contribution in [0.4, 0.5) is 0 Å². The van der Waals surface area contributed by atoms with E-state index in [1.807, 2.05) is 6.92 Å². The summed E-state index contributed by atoms with van der Waals surface area (Å²) in [5.41, 5.74) is 0. The molecule has 0 spiro atoms. The molecule has 1 aliphatic heterocycles. The van der Waals surface area contributed by atoms with Gasteiger partial charge in [0.1, 0.15) is 0 Å². The first-order chi connectivity index (χ1) is 10.1. The lowest BCUT2D eigenvalue weighted by Gasteiger charge is -2.32. The number of sulfonamides is 1. The molecule has 2 fully saturated rings. The smallest absolute Gasteiger partial charge is 0.214 e. The van der Waals surface area contributed by atoms with Crippen LogP contribution in [-0.2, 0) is 10.0 Å². The average molecular weight is 317 g/mol. The summed E-state index contributed by atoms with van der Waals surface area (Å²) in [6.07, 6.45) is 11.0. The minimum atomic E-state index is -2.99. The standard InChI is InChI=1S/C16H32N2O2S/c1-2-13-21(19,20)18-11-9-16(10-12-18)17-14-15-7-5-3-4-6-8-15/h15-17H,2-14H2,1H3. The Morgan fingerprint density at radius 1 is 1.00 bits per heavy atom. The van der Waals surface area contributed by atoms with Crippen LogP contribution in [0.1, 0.15) is 64.7 Å². The molecule has 0 aromatic heterocycles. The lowest BCUT2D eigenvalue weighted by molar-refractivity contribution is 0.275. The Balaban J connectivity index is 1.69. The maximum Gasteiger partial charge on any atom is 0.214 e. The summed E-state index contributed by atoms with van der Waals surface area (Å²) in [7, 11) is -2.99. The van der Waals surface area contributed by atoms with Crippen molar-refractivity contribution in [1.82, 2.24) is 9.62 Å². The number of hydrogen-bond donors (Lipinski definition) is 1. The molecular formula is C16H32N2O2S. The number of nitrogens with one attached hydrogen (secondary N) is 1. The third-order valence-electron chi connectivity index (χ3n) is 4.98. The first-order valence-corrected chi connectivity index (χ1v) is 10.4. The summed E-state index contributed by atoms with van der Waals surface area (Å²) in [5, 5.41) is 3.70. The molecule has 1 N–H and O–H groups in total. The first kappa shape index (κ1) is 17.2. The van der Waals surface area contributed by atoms with E-state index in [-0.39, 0.29) is 0 Å². The maximum absolute atomic E-state index is 12.0. The monoisotopic (exact) mass is 316 g/mol. The van der Waals surface area contributed by atoms with E-state index in [9.17, 15) is 8.42 Å². The number of piperidine rings is 1. The number of nitrogens with zero attached hydrogens (tertiary/aromatic N) is 1. The molecule has 1 heterocycles. The van der Waals surface area contributed by atoms with Gasteiger partial charge in [-0.05, 0) is 44.6 Å². The Labute approximate surface area is 130 Å². The van der Waals surface area contributed by atoms with E-state index in [4.69, 9.17) is 0 Å². The van der Waals surface area contributed by atoms with Gasteiger partial charge in [-0.1, -0.05) is 32.6 Å². The van der Waals surface area contributed by atoms with Crippen molar-refractivity contribution >= 4 is 10.0 Å². The van der Waals surface area contributed by atoms with Crippen LogP contribution in [0.15, 0.2) is 0 Å². The van der Waals surface area contributed by atoms with Gasteiger partial charge in [-0.15, -0.1) is 0 Å². The van der Waals surface area contributed by atoms with Gasteiger partial charge in [0.15, 0.2) is 0 Å². The fourth-order valence-electron chi connectivity index (χ4n) is 3.63. The highest BCUT2D eigenvalue weighted by atomic mass is 32.2. The zero-order chi connectivity index (χ0) is 15.1. The minimum absolute atomic E-state index is 0.299. The molecule has 5 heteroatoms. The zero-order valence-corrected chi connectivity index (χ0v) is 14.3. The van der Waals surface area contributed by atoms with Crippen LogP contribution in [0.3, 0.4) is 0 Å². The van der Waals surface area contributed by atoms with Gasteiger partial charge in [0.25, 0.3) is 0 Å². The van der Waals surface area contributed by atoms with Gasteiger partial charge in [0.05, 0.1) is 5.75 Å². The third-order valence-corrected chi connectivity index (χ3v) is 7.06. The second-order valence-electron chi connectivity index (χ2n) is 6.76. The molecule has 0 unspecified atom stereocenters. The second kappa shape index (κ2) is 8.49. The van der Waals surface area contributed by atoms with E-state index < -0.39 is 10.0 Å². The molecule has 124 valence electrons. The van der Waals surface area contributed by atoms with Crippen molar-refractivity contribution in [3.63, 3.8) is 0 Å². The van der Waals surface area contributed by atoms with Gasteiger partial charge in [0.2, 0.25) is 10.0 Å². The topological polar surface area (TPSA) is 49.4 Å². The van der Waals surface area contributed by atoms with Crippen molar-refractivity contribution in [1.29, 1.82) is 0 Å². The highest BCUT2D eigenvalue weighted by molar-refractivity contribution is 7.89. The van der Waals surface area contributed by atoms with Crippen molar-refractivity contribution in [2.24, 2.45) is 5.92 Å². The summed E-state index contributed by atoms with van der Waals surface area (Å²) in [6, 6.07) is 0.515. The maximum atomic E-state index is 12.0. The molecule has 0 aromatic rings. The normalized spacial score (nSPS) is 24.0. The lowest BCUT2D eigenvalue weighted by atomic mass is 9.99. The van der Waals surface area contributed by atoms with Gasteiger partial charge in [-0.25, -0.2) is 12.7 Å². The molecule has 2 aliphatic rings. The Kier molecular flexibility index (Phi) is 6.96. The molecule has 0 aromatic carbocycles. The molecule has 0 atom stereocenters. The van der Waals surface area contributed by atoms with Crippen molar-refractivity contribution in [2.75, 3.05) is 25.4 Å². The molecule has 1 saturated heterocycles. The van der Waals surface area contributed by atoms with Gasteiger partial charge < -0.3 is 5.32 Å². The first-order valence-electron chi connectivity index (χ1n) is 8.83. The summed E-state index contributed by atoms with van der Waals surface area (Å²) in [5.74, 6) is 1.14. The van der Waals surface area contributed by atoms with Crippen molar-refractivity contribution in [3.05, 3.63) is 0 Å². The van der Waals surface area contributed by atoms with Crippen LogP contribution in [0, 0.1) is 5.92 Å². The molecule has 1 saturated carbocycles. The Morgan fingerprint density at radius 3 is 2.19 bits per heavy atom. The summed E-state index contributed by atoms with van der Waals surface area (Å²) in [6.45, 7) is 4.46. The third kappa shape index (κ3) is 5.53. The predicted octanol–water partition coefficient (Wildman–Crippen LogP) is 2.75. The van der Waals surface area contributed by atoms with Crippen LogP contribution in [0.25, 0.3) is 0 Å². The Hall–Kier alpha value is -0.130. The fourth-order valence-corrected chi connectivity index (χ4v) is 5.17. The van der Waals surface area contributed by atoms with E-state index in [1.54, 1.807) is 4.31 Å². The highest BCUT2D eigenvalue weighted by Gasteiger charge is 2.27. The lowest BCUT2D eigenvalue weighted by Crippen LogP contribution is -2.46. The van der Waals surface area contributed by atoms with Gasteiger partial charge in [0, 0.05) is 19.1 Å². The predicted molar refractivity (Wildman–Crippen MR) is 87.9 cm³/mol. The molecule has 0 amide bonds. The van der Waals surface area contributed by atoms with Crippen LogP contribution in [-0.4, -0.2) is 44.2 Å². The number of hydrogen-bond acceptors (Lipinski definition) is 3. The van der Waals surface area contributed by atoms with Gasteiger partial charge in [-0.2, -0.15) is 0 Å². The fraction of sp³-hybridized carbons (Fsp3) is 1.00. The van der Waals surface area contributed by atoms with Crippen molar-refractivity contribution in [2.45, 2.75) is 70.8 Å². The van der Waals surface area contributed by atoms with E-state index in [1.165, 1.54) is 38.5 Å². The van der Waals surface area contributed by atoms with Crippen LogP contribution < -0.4 is 5.32 Å². The Morgan fingerprint density at radius 2 is 1.62 bits per heavy atom. The highest BCUT2D eigenvalue weighted by Crippen LogP contribution is 2.23. The second-order valence-corrected chi connectivity index (χ2v) is 8.84. The van der Waals surface area contributed by atoms with Gasteiger partial charge >= 0.3 is 0 Å². The molecule has 0 radical (unpaired) electrons. The van der Waals surface area contributed by atoms with E-state index >= 15 is 0 Å². The number of rotatable bonds is 6. The van der Waals surface area contributed by atoms with Crippen LogP contribution in [0.5, 0.6) is 0 Å². The Bertz CT molecular complexity index is 381. The SMILES string of the molecule is CCCS(=O)(=O)N1CCC(NCC2CCCCCC2)CC1. The van der Waals surface area contributed by atoms with Crippen molar-refractivity contribution < 1.29 is 8.42 Å². The molecule has 4 nitrogen and oxygen atoms in total. The quantitative estimate of drug-likeness (QED) is 0.767. The summed E-state index contributed by atoms with van der Waals surface area (Å²) >= 11 is 0. The molecule has 21 heavy (non-hydrogen) atoms. The van der Waals surface area contributed by atoms with Crippen LogP contribution in [0.2, 0.25) is 0 Å². The molecular weight excluding hydrogens is 284 g/mol. The average Bonchev–Trinajstić information content (AvgIpc) is 2.74. The summed E-state index contributed by atoms with van der Waals surface area (Å²) in [4.78, 5) is 0. The van der Waals surface area contributed by atoms with Crippen LogP contribution >= 0.6 is 0 Å². The van der Waals surface area contributed by atoms with E-state index in [0.717, 1.165) is 25.3 Å².